The van der Waals surface area contributed by atoms with Crippen LogP contribution in [0.3, 0.4) is 0 Å². The molecule has 0 amide bonds. The number of nitrogens with zero attached hydrogens (tertiary/aromatic N) is 1. The van der Waals surface area contributed by atoms with Crippen molar-refractivity contribution in [1.29, 1.82) is 0 Å². The SMILES string of the molecule is Cc1cc2occ(C=O)c(=O)c2cc1[N+](=O)[O-]. The third-order valence-corrected chi connectivity index (χ3v) is 2.44. The molecule has 0 saturated carbocycles. The summed E-state index contributed by atoms with van der Waals surface area (Å²) in [7, 11) is 0. The molecule has 0 aliphatic rings. The predicted octanol–water partition coefficient (Wildman–Crippen LogP) is 1.82. The molecule has 0 bridgehead atoms. The Hall–Kier alpha value is -2.50. The molecule has 0 unspecified atom stereocenters. The second kappa shape index (κ2) is 3.82. The van der Waals surface area contributed by atoms with Crippen molar-refractivity contribution in [3.63, 3.8) is 0 Å². The second-order valence-corrected chi connectivity index (χ2v) is 3.53. The minimum atomic E-state index is -0.582. The zero-order chi connectivity index (χ0) is 12.6. The molecule has 2 rings (SSSR count). The summed E-state index contributed by atoms with van der Waals surface area (Å²) < 4.78 is 5.08. The minimum Gasteiger partial charge on any atom is -0.463 e. The normalized spacial score (nSPS) is 10.4. The van der Waals surface area contributed by atoms with E-state index in [2.05, 4.69) is 0 Å². The second-order valence-electron chi connectivity index (χ2n) is 3.53. The zero-order valence-corrected chi connectivity index (χ0v) is 8.80. The first-order valence-electron chi connectivity index (χ1n) is 4.70. The van der Waals surface area contributed by atoms with Gasteiger partial charge in [0.25, 0.3) is 5.69 Å². The van der Waals surface area contributed by atoms with Crippen molar-refractivity contribution in [1.82, 2.24) is 0 Å². The van der Waals surface area contributed by atoms with E-state index in [1.165, 1.54) is 6.07 Å². The molecule has 0 spiro atoms. The van der Waals surface area contributed by atoms with E-state index in [9.17, 15) is 19.7 Å². The molecule has 6 heteroatoms. The maximum atomic E-state index is 11.7. The molecule has 1 aromatic carbocycles. The summed E-state index contributed by atoms with van der Waals surface area (Å²) in [6.45, 7) is 1.55. The van der Waals surface area contributed by atoms with Crippen molar-refractivity contribution in [2.45, 2.75) is 6.92 Å². The molecule has 0 radical (unpaired) electrons. The van der Waals surface area contributed by atoms with Crippen molar-refractivity contribution >= 4 is 22.9 Å². The molecule has 0 aliphatic carbocycles. The van der Waals surface area contributed by atoms with Gasteiger partial charge in [0.2, 0.25) is 5.43 Å². The van der Waals surface area contributed by atoms with Gasteiger partial charge in [-0.05, 0) is 13.0 Å². The molecule has 2 aromatic rings. The molecule has 1 heterocycles. The number of aryl methyl sites for hydroxylation is 1. The van der Waals surface area contributed by atoms with Gasteiger partial charge in [0, 0.05) is 11.6 Å². The Morgan fingerprint density at radius 2 is 2.12 bits per heavy atom. The first kappa shape index (κ1) is 11.0. The van der Waals surface area contributed by atoms with E-state index in [-0.39, 0.29) is 22.2 Å². The fraction of sp³-hybridized carbons (Fsp3) is 0.0909. The Bertz CT molecular complexity index is 686. The van der Waals surface area contributed by atoms with Crippen LogP contribution in [-0.2, 0) is 0 Å². The van der Waals surface area contributed by atoms with Crippen molar-refractivity contribution in [3.8, 4) is 0 Å². The van der Waals surface area contributed by atoms with Crippen LogP contribution < -0.4 is 5.43 Å². The number of carbonyl (C=O) groups excluding carboxylic acids is 1. The van der Waals surface area contributed by atoms with Crippen molar-refractivity contribution in [2.75, 3.05) is 0 Å². The number of aldehydes is 1. The van der Waals surface area contributed by atoms with Gasteiger partial charge in [-0.2, -0.15) is 0 Å². The Kier molecular flexibility index (Phi) is 2.47. The minimum absolute atomic E-state index is 0.0342. The van der Waals surface area contributed by atoms with Gasteiger partial charge in [0.15, 0.2) is 6.29 Å². The molecule has 0 aliphatic heterocycles. The van der Waals surface area contributed by atoms with E-state index in [0.29, 0.717) is 11.8 Å². The van der Waals surface area contributed by atoms with Crippen LogP contribution in [0, 0.1) is 17.0 Å². The number of fused-ring (bicyclic) bond motifs is 1. The van der Waals surface area contributed by atoms with E-state index >= 15 is 0 Å². The maximum absolute atomic E-state index is 11.7. The van der Waals surface area contributed by atoms with Crippen LogP contribution in [0.1, 0.15) is 15.9 Å². The first-order chi connectivity index (χ1) is 8.04. The lowest BCUT2D eigenvalue weighted by molar-refractivity contribution is -0.385. The average molecular weight is 233 g/mol. The summed E-state index contributed by atoms with van der Waals surface area (Å²) >= 11 is 0. The fourth-order valence-corrected chi connectivity index (χ4v) is 1.56. The van der Waals surface area contributed by atoms with Gasteiger partial charge in [-0.15, -0.1) is 0 Å². The van der Waals surface area contributed by atoms with E-state index < -0.39 is 10.4 Å². The van der Waals surface area contributed by atoms with Gasteiger partial charge in [-0.3, -0.25) is 19.7 Å². The van der Waals surface area contributed by atoms with Crippen LogP contribution in [0.5, 0.6) is 0 Å². The third kappa shape index (κ3) is 1.69. The Morgan fingerprint density at radius 1 is 1.41 bits per heavy atom. The largest absolute Gasteiger partial charge is 0.463 e. The summed E-state index contributed by atoms with van der Waals surface area (Å²) in [6.07, 6.45) is 1.40. The highest BCUT2D eigenvalue weighted by molar-refractivity contribution is 5.86. The Morgan fingerprint density at radius 3 is 2.71 bits per heavy atom. The number of hydrogen-bond donors (Lipinski definition) is 0. The van der Waals surface area contributed by atoms with Crippen molar-refractivity contribution in [3.05, 3.63) is 49.9 Å². The number of rotatable bonds is 2. The van der Waals surface area contributed by atoms with E-state index in [1.807, 2.05) is 0 Å². The van der Waals surface area contributed by atoms with Crippen LogP contribution in [-0.4, -0.2) is 11.2 Å². The summed E-state index contributed by atoms with van der Waals surface area (Å²) in [5.74, 6) is 0. The monoisotopic (exact) mass is 233 g/mol. The molecule has 0 N–H and O–H groups in total. The zero-order valence-electron chi connectivity index (χ0n) is 8.80. The van der Waals surface area contributed by atoms with Gasteiger partial charge < -0.3 is 4.42 Å². The molecule has 86 valence electrons. The van der Waals surface area contributed by atoms with Crippen LogP contribution >= 0.6 is 0 Å². The van der Waals surface area contributed by atoms with Crippen molar-refractivity contribution < 1.29 is 14.1 Å². The number of benzene rings is 1. The van der Waals surface area contributed by atoms with Gasteiger partial charge in [0.1, 0.15) is 11.8 Å². The van der Waals surface area contributed by atoms with E-state index in [1.54, 1.807) is 6.92 Å². The highest BCUT2D eigenvalue weighted by atomic mass is 16.6. The quantitative estimate of drug-likeness (QED) is 0.448. The molecule has 0 fully saturated rings. The molecule has 17 heavy (non-hydrogen) atoms. The highest BCUT2D eigenvalue weighted by Gasteiger charge is 2.15. The maximum Gasteiger partial charge on any atom is 0.273 e. The van der Waals surface area contributed by atoms with Crippen molar-refractivity contribution in [2.24, 2.45) is 0 Å². The standard InChI is InChI=1S/C11H7NO5/c1-6-2-10-8(3-9(6)12(15)16)11(14)7(4-13)5-17-10/h2-5H,1H3. The third-order valence-electron chi connectivity index (χ3n) is 2.44. The van der Waals surface area contributed by atoms with Crippen LogP contribution in [0.2, 0.25) is 0 Å². The number of nitro benzene ring substituents is 1. The lowest BCUT2D eigenvalue weighted by atomic mass is 10.1. The Balaban J connectivity index is 2.91. The van der Waals surface area contributed by atoms with E-state index in [0.717, 1.165) is 12.3 Å². The Labute approximate surface area is 94.6 Å². The number of carbonyl (C=O) groups is 1. The molecular weight excluding hydrogens is 226 g/mol. The summed E-state index contributed by atoms with van der Waals surface area (Å²) in [5.41, 5.74) is -0.277. The summed E-state index contributed by atoms with van der Waals surface area (Å²) in [4.78, 5) is 32.4. The topological polar surface area (TPSA) is 90.4 Å². The number of hydrogen-bond acceptors (Lipinski definition) is 5. The van der Waals surface area contributed by atoms with Crippen LogP contribution in [0.15, 0.2) is 27.6 Å². The van der Waals surface area contributed by atoms with Gasteiger partial charge in [-0.25, -0.2) is 0 Å². The molecule has 0 saturated heterocycles. The van der Waals surface area contributed by atoms with Crippen LogP contribution in [0.25, 0.3) is 11.0 Å². The molecule has 6 nitrogen and oxygen atoms in total. The predicted molar refractivity (Wildman–Crippen MR) is 59.3 cm³/mol. The lowest BCUT2D eigenvalue weighted by Gasteiger charge is -2.00. The smallest absolute Gasteiger partial charge is 0.273 e. The summed E-state index contributed by atoms with van der Waals surface area (Å²) in [5, 5.41) is 10.8. The average Bonchev–Trinajstić information content (AvgIpc) is 2.28. The molecule has 1 aromatic heterocycles. The van der Waals surface area contributed by atoms with Gasteiger partial charge in [0.05, 0.1) is 15.9 Å². The lowest BCUT2D eigenvalue weighted by Crippen LogP contribution is -2.08. The van der Waals surface area contributed by atoms with Gasteiger partial charge in [-0.1, -0.05) is 0 Å². The fourth-order valence-electron chi connectivity index (χ4n) is 1.56. The van der Waals surface area contributed by atoms with Crippen LogP contribution in [0.4, 0.5) is 5.69 Å². The van der Waals surface area contributed by atoms with E-state index in [4.69, 9.17) is 4.42 Å². The number of nitro groups is 1. The molecular formula is C11H7NO5. The first-order valence-corrected chi connectivity index (χ1v) is 4.70. The molecule has 0 atom stereocenters. The highest BCUT2D eigenvalue weighted by Crippen LogP contribution is 2.23. The summed E-state index contributed by atoms with van der Waals surface area (Å²) in [6, 6.07) is 2.53. The van der Waals surface area contributed by atoms with Gasteiger partial charge >= 0.3 is 0 Å².